The van der Waals surface area contributed by atoms with Gasteiger partial charge in [-0.2, -0.15) is 0 Å². The van der Waals surface area contributed by atoms with Crippen molar-refractivity contribution in [2.24, 2.45) is 0 Å². The van der Waals surface area contributed by atoms with E-state index < -0.39 is 0 Å². The van der Waals surface area contributed by atoms with Gasteiger partial charge in [0.25, 0.3) is 0 Å². The van der Waals surface area contributed by atoms with Crippen LogP contribution in [0.1, 0.15) is 45.4 Å². The number of carbonyl (C=O) groups excluding carboxylic acids is 1. The number of hydrogen-bond donors (Lipinski definition) is 1. The van der Waals surface area contributed by atoms with Crippen molar-refractivity contribution in [1.29, 1.82) is 0 Å². The van der Waals surface area contributed by atoms with E-state index >= 15 is 0 Å². The Morgan fingerprint density at radius 1 is 1.45 bits per heavy atom. The fourth-order valence-electron chi connectivity index (χ4n) is 3.54. The second-order valence-corrected chi connectivity index (χ2v) is 6.63. The number of ether oxygens (including phenoxy) is 1. The SMILES string of the molecule is CCCC(C)N1CC2(CCN(Cc3ncc[nH]3)CC2)OC1=O. The fourth-order valence-corrected chi connectivity index (χ4v) is 3.54. The van der Waals surface area contributed by atoms with E-state index in [9.17, 15) is 4.79 Å². The maximum atomic E-state index is 12.2. The van der Waals surface area contributed by atoms with Crippen LogP contribution < -0.4 is 0 Å². The lowest BCUT2D eigenvalue weighted by molar-refractivity contribution is -0.00183. The van der Waals surface area contributed by atoms with Crippen molar-refractivity contribution < 1.29 is 9.53 Å². The van der Waals surface area contributed by atoms with Crippen LogP contribution in [0.4, 0.5) is 4.79 Å². The van der Waals surface area contributed by atoms with Gasteiger partial charge < -0.3 is 14.6 Å². The molecule has 0 radical (unpaired) electrons. The van der Waals surface area contributed by atoms with Crippen molar-refractivity contribution in [3.63, 3.8) is 0 Å². The number of rotatable bonds is 5. The molecular weight excluding hydrogens is 280 g/mol. The summed E-state index contributed by atoms with van der Waals surface area (Å²) in [6, 6.07) is 0.276. The molecule has 1 N–H and O–H groups in total. The van der Waals surface area contributed by atoms with Crippen LogP contribution in [0.5, 0.6) is 0 Å². The number of imidazole rings is 1. The van der Waals surface area contributed by atoms with Gasteiger partial charge in [-0.05, 0) is 13.3 Å². The van der Waals surface area contributed by atoms with Crippen molar-refractivity contribution in [3.8, 4) is 0 Å². The molecule has 1 amide bonds. The Balaban J connectivity index is 1.55. The summed E-state index contributed by atoms with van der Waals surface area (Å²) in [5.74, 6) is 0.998. The third-order valence-electron chi connectivity index (χ3n) is 4.93. The van der Waals surface area contributed by atoms with Crippen molar-refractivity contribution in [1.82, 2.24) is 19.8 Å². The van der Waals surface area contributed by atoms with Crippen molar-refractivity contribution in [2.75, 3.05) is 19.6 Å². The summed E-state index contributed by atoms with van der Waals surface area (Å²) < 4.78 is 5.79. The van der Waals surface area contributed by atoms with E-state index in [1.807, 2.05) is 11.1 Å². The Hall–Kier alpha value is -1.56. The van der Waals surface area contributed by atoms with Crippen molar-refractivity contribution in [3.05, 3.63) is 18.2 Å². The number of carbonyl (C=O) groups is 1. The zero-order chi connectivity index (χ0) is 15.6. The molecule has 0 saturated carbocycles. The summed E-state index contributed by atoms with van der Waals surface area (Å²) in [7, 11) is 0. The van der Waals surface area contributed by atoms with E-state index in [-0.39, 0.29) is 17.7 Å². The van der Waals surface area contributed by atoms with E-state index in [0.717, 1.165) is 57.7 Å². The quantitative estimate of drug-likeness (QED) is 0.907. The highest BCUT2D eigenvalue weighted by molar-refractivity contribution is 5.71. The van der Waals surface area contributed by atoms with Crippen LogP contribution in [0, 0.1) is 0 Å². The van der Waals surface area contributed by atoms with E-state index in [4.69, 9.17) is 4.74 Å². The van der Waals surface area contributed by atoms with Crippen LogP contribution in [0.2, 0.25) is 0 Å². The number of aromatic nitrogens is 2. The van der Waals surface area contributed by atoms with E-state index in [2.05, 4.69) is 28.7 Å². The van der Waals surface area contributed by atoms with Crippen LogP contribution in [-0.2, 0) is 11.3 Å². The number of nitrogens with one attached hydrogen (secondary N) is 1. The molecule has 0 bridgehead atoms. The Kier molecular flexibility index (Phi) is 4.38. The first-order valence-corrected chi connectivity index (χ1v) is 8.32. The zero-order valence-electron chi connectivity index (χ0n) is 13.5. The summed E-state index contributed by atoms with van der Waals surface area (Å²) in [4.78, 5) is 23.9. The minimum Gasteiger partial charge on any atom is -0.441 e. The molecule has 2 saturated heterocycles. The summed E-state index contributed by atoms with van der Waals surface area (Å²) in [6.07, 6.45) is 7.47. The van der Waals surface area contributed by atoms with Crippen LogP contribution in [0.3, 0.4) is 0 Å². The molecule has 122 valence electrons. The van der Waals surface area contributed by atoms with Gasteiger partial charge in [0.1, 0.15) is 11.4 Å². The molecule has 6 heteroatoms. The minimum absolute atomic E-state index is 0.125. The number of nitrogens with zero attached hydrogens (tertiary/aromatic N) is 3. The third kappa shape index (κ3) is 3.11. The van der Waals surface area contributed by atoms with Crippen molar-refractivity contribution >= 4 is 6.09 Å². The summed E-state index contributed by atoms with van der Waals surface area (Å²) >= 11 is 0. The molecule has 1 aromatic rings. The Bertz CT molecular complexity index is 494. The predicted octanol–water partition coefficient (Wildman–Crippen LogP) is 2.39. The molecule has 6 nitrogen and oxygen atoms in total. The number of amides is 1. The smallest absolute Gasteiger partial charge is 0.410 e. The number of aromatic amines is 1. The van der Waals surface area contributed by atoms with Gasteiger partial charge in [0.15, 0.2) is 0 Å². The van der Waals surface area contributed by atoms with Crippen LogP contribution in [0.25, 0.3) is 0 Å². The molecule has 2 aliphatic rings. The normalized spacial score (nSPS) is 23.0. The van der Waals surface area contributed by atoms with Crippen molar-refractivity contribution in [2.45, 2.75) is 57.7 Å². The van der Waals surface area contributed by atoms with Gasteiger partial charge >= 0.3 is 6.09 Å². The summed E-state index contributed by atoms with van der Waals surface area (Å²) in [5.41, 5.74) is -0.265. The van der Waals surface area contributed by atoms with Gasteiger partial charge in [0.2, 0.25) is 0 Å². The Labute approximate surface area is 131 Å². The number of H-pyrrole nitrogens is 1. The highest BCUT2D eigenvalue weighted by atomic mass is 16.6. The van der Waals surface area contributed by atoms with Crippen LogP contribution in [-0.4, -0.2) is 57.1 Å². The molecule has 2 aliphatic heterocycles. The average Bonchev–Trinajstić information content (AvgIpc) is 3.10. The second-order valence-electron chi connectivity index (χ2n) is 6.63. The topological polar surface area (TPSA) is 61.5 Å². The maximum Gasteiger partial charge on any atom is 0.410 e. The molecule has 3 rings (SSSR count). The largest absolute Gasteiger partial charge is 0.441 e. The average molecular weight is 306 g/mol. The molecule has 0 aromatic carbocycles. The van der Waals surface area contributed by atoms with E-state index in [1.54, 1.807) is 6.20 Å². The van der Waals surface area contributed by atoms with Gasteiger partial charge in [-0.1, -0.05) is 13.3 Å². The third-order valence-corrected chi connectivity index (χ3v) is 4.93. The lowest BCUT2D eigenvalue weighted by Crippen LogP contribution is -2.47. The second kappa shape index (κ2) is 6.28. The molecule has 2 fully saturated rings. The standard InChI is InChI=1S/C16H26N4O2/c1-3-4-13(2)20-12-16(22-15(20)21)5-9-19(10-6-16)11-14-17-7-8-18-14/h7-8,13H,3-6,9-12H2,1-2H3,(H,17,18). The van der Waals surface area contributed by atoms with Crippen LogP contribution >= 0.6 is 0 Å². The molecule has 1 atom stereocenters. The predicted molar refractivity (Wildman–Crippen MR) is 83.4 cm³/mol. The Morgan fingerprint density at radius 3 is 2.86 bits per heavy atom. The van der Waals surface area contributed by atoms with E-state index in [0.29, 0.717) is 0 Å². The zero-order valence-corrected chi connectivity index (χ0v) is 13.5. The van der Waals surface area contributed by atoms with Gasteiger partial charge in [-0.3, -0.25) is 4.90 Å². The number of likely N-dealkylation sites (tertiary alicyclic amines) is 1. The molecule has 1 aromatic heterocycles. The van der Waals surface area contributed by atoms with Gasteiger partial charge in [-0.15, -0.1) is 0 Å². The first-order valence-electron chi connectivity index (χ1n) is 8.32. The maximum absolute atomic E-state index is 12.2. The van der Waals surface area contributed by atoms with Gasteiger partial charge in [-0.25, -0.2) is 9.78 Å². The molecule has 1 spiro atoms. The monoisotopic (exact) mass is 306 g/mol. The fraction of sp³-hybridized carbons (Fsp3) is 0.750. The molecule has 22 heavy (non-hydrogen) atoms. The number of hydrogen-bond acceptors (Lipinski definition) is 4. The first-order chi connectivity index (χ1) is 10.6. The first kappa shape index (κ1) is 15.3. The summed E-state index contributed by atoms with van der Waals surface area (Å²) in [5, 5.41) is 0. The van der Waals surface area contributed by atoms with E-state index in [1.165, 1.54) is 0 Å². The minimum atomic E-state index is -0.265. The van der Waals surface area contributed by atoms with Crippen LogP contribution in [0.15, 0.2) is 12.4 Å². The Morgan fingerprint density at radius 2 is 2.23 bits per heavy atom. The van der Waals surface area contributed by atoms with Gasteiger partial charge in [0, 0.05) is 44.4 Å². The lowest BCUT2D eigenvalue weighted by Gasteiger charge is -2.37. The highest BCUT2D eigenvalue weighted by Crippen LogP contribution is 2.34. The highest BCUT2D eigenvalue weighted by Gasteiger charge is 2.47. The van der Waals surface area contributed by atoms with Gasteiger partial charge in [0.05, 0.1) is 13.1 Å². The lowest BCUT2D eigenvalue weighted by atomic mass is 9.91. The number of piperidine rings is 1. The molecule has 3 heterocycles. The summed E-state index contributed by atoms with van der Waals surface area (Å²) in [6.45, 7) is 7.76. The molecule has 1 unspecified atom stereocenters. The molecular formula is C16H26N4O2. The molecule has 0 aliphatic carbocycles.